The molecule has 28 heavy (non-hydrogen) atoms. The molecule has 3 rings (SSSR count). The van der Waals surface area contributed by atoms with Crippen molar-refractivity contribution in [2.24, 2.45) is 0 Å². The fourth-order valence-corrected chi connectivity index (χ4v) is 3.01. The number of aromatic amines is 1. The first-order chi connectivity index (χ1) is 13.4. The molecule has 0 saturated carbocycles. The summed E-state index contributed by atoms with van der Waals surface area (Å²) in [6.07, 6.45) is -0.0446. The van der Waals surface area contributed by atoms with Gasteiger partial charge in [0.15, 0.2) is 5.75 Å². The molecule has 0 aliphatic carbocycles. The molecule has 0 atom stereocenters. The van der Waals surface area contributed by atoms with Gasteiger partial charge in [0.25, 0.3) is 5.56 Å². The number of benzene rings is 2. The van der Waals surface area contributed by atoms with E-state index in [9.17, 15) is 9.59 Å². The van der Waals surface area contributed by atoms with Crippen LogP contribution in [0.2, 0.25) is 10.0 Å². The fourth-order valence-electron chi connectivity index (χ4n) is 2.45. The Morgan fingerprint density at radius 3 is 2.46 bits per heavy atom. The number of nitrogens with zero attached hydrogens (tertiary/aromatic N) is 1. The van der Waals surface area contributed by atoms with Crippen LogP contribution in [0.3, 0.4) is 0 Å². The van der Waals surface area contributed by atoms with E-state index in [0.717, 1.165) is 0 Å². The standard InChI is InChI=1S/C19H15Cl2N3O4/c20-14-8-12(22-7-6-17(25)26)9-15(21)18(14)28-16-10-13(19(27)24-23-16)11-4-2-1-3-5-11/h1-5,8-10,22H,6-7H2,(H,24,27)(H,25,26). The van der Waals surface area contributed by atoms with Crippen molar-refractivity contribution in [3.8, 4) is 22.8 Å². The van der Waals surface area contributed by atoms with Crippen molar-refractivity contribution in [1.29, 1.82) is 0 Å². The van der Waals surface area contributed by atoms with E-state index in [2.05, 4.69) is 15.5 Å². The molecule has 0 bridgehead atoms. The van der Waals surface area contributed by atoms with E-state index in [0.29, 0.717) is 16.8 Å². The monoisotopic (exact) mass is 419 g/mol. The number of aliphatic carboxylic acids is 1. The average Bonchev–Trinajstić information content (AvgIpc) is 2.66. The predicted molar refractivity (Wildman–Crippen MR) is 108 cm³/mol. The van der Waals surface area contributed by atoms with Crippen molar-refractivity contribution in [3.63, 3.8) is 0 Å². The lowest BCUT2D eigenvalue weighted by Gasteiger charge is -2.12. The number of H-pyrrole nitrogens is 1. The highest BCUT2D eigenvalue weighted by molar-refractivity contribution is 6.37. The van der Waals surface area contributed by atoms with Crippen LogP contribution in [0, 0.1) is 0 Å². The minimum absolute atomic E-state index is 0.0446. The largest absolute Gasteiger partial charge is 0.481 e. The van der Waals surface area contributed by atoms with Gasteiger partial charge in [-0.1, -0.05) is 53.5 Å². The number of hydrogen-bond donors (Lipinski definition) is 3. The highest BCUT2D eigenvalue weighted by Gasteiger charge is 2.14. The molecule has 0 amide bonds. The molecule has 0 aliphatic rings. The molecule has 0 spiro atoms. The summed E-state index contributed by atoms with van der Waals surface area (Å²) < 4.78 is 5.69. The highest BCUT2D eigenvalue weighted by Crippen LogP contribution is 2.38. The van der Waals surface area contributed by atoms with E-state index in [1.54, 1.807) is 24.3 Å². The lowest BCUT2D eigenvalue weighted by atomic mass is 10.1. The number of halogens is 2. The Labute approximate surface area is 169 Å². The van der Waals surface area contributed by atoms with E-state index >= 15 is 0 Å². The Kier molecular flexibility index (Phi) is 6.18. The second-order valence-corrected chi connectivity index (χ2v) is 6.57. The number of ether oxygens (including phenoxy) is 1. The van der Waals surface area contributed by atoms with Gasteiger partial charge in [0.05, 0.1) is 22.0 Å². The molecule has 1 aromatic heterocycles. The number of hydrogen-bond acceptors (Lipinski definition) is 5. The van der Waals surface area contributed by atoms with Crippen molar-refractivity contribution in [2.45, 2.75) is 6.42 Å². The third kappa shape index (κ3) is 4.82. The Balaban J connectivity index is 1.84. The third-order valence-electron chi connectivity index (χ3n) is 3.74. The van der Waals surface area contributed by atoms with Crippen molar-refractivity contribution in [3.05, 3.63) is 68.9 Å². The van der Waals surface area contributed by atoms with Crippen molar-refractivity contribution in [1.82, 2.24) is 10.2 Å². The molecule has 2 aromatic carbocycles. The second-order valence-electron chi connectivity index (χ2n) is 5.76. The highest BCUT2D eigenvalue weighted by atomic mass is 35.5. The van der Waals surface area contributed by atoms with Gasteiger partial charge in [-0.25, -0.2) is 5.10 Å². The first kappa shape index (κ1) is 19.7. The summed E-state index contributed by atoms with van der Waals surface area (Å²) in [4.78, 5) is 22.7. The van der Waals surface area contributed by atoms with Gasteiger partial charge in [-0.3, -0.25) is 9.59 Å². The summed E-state index contributed by atoms with van der Waals surface area (Å²) in [6.45, 7) is 0.226. The fraction of sp³-hybridized carbons (Fsp3) is 0.105. The molecule has 0 fully saturated rings. The molecule has 7 nitrogen and oxygen atoms in total. The SMILES string of the molecule is O=C(O)CCNc1cc(Cl)c(Oc2cc(-c3ccccc3)c(=O)[nH]n2)c(Cl)c1. The first-order valence-electron chi connectivity index (χ1n) is 8.22. The number of nitrogens with one attached hydrogen (secondary N) is 2. The molecular formula is C19H15Cl2N3O4. The van der Waals surface area contributed by atoms with Crippen LogP contribution < -0.4 is 15.6 Å². The van der Waals surface area contributed by atoms with Crippen molar-refractivity contribution >= 4 is 34.9 Å². The van der Waals surface area contributed by atoms with Gasteiger partial charge in [0.1, 0.15) is 0 Å². The molecule has 0 aliphatic heterocycles. The number of carboxylic acid groups (broad SMARTS) is 1. The maximum atomic E-state index is 12.1. The Bertz CT molecular complexity index is 1030. The van der Waals surface area contributed by atoms with Crippen molar-refractivity contribution < 1.29 is 14.6 Å². The number of anilines is 1. The van der Waals surface area contributed by atoms with Crippen LogP contribution in [-0.2, 0) is 4.79 Å². The number of carbonyl (C=O) groups is 1. The van der Waals surface area contributed by atoms with Crippen LogP contribution in [0.15, 0.2) is 53.3 Å². The molecule has 3 N–H and O–H groups in total. The van der Waals surface area contributed by atoms with Gasteiger partial charge in [0.2, 0.25) is 5.88 Å². The summed E-state index contributed by atoms with van der Waals surface area (Å²) in [6, 6.07) is 13.7. The quantitative estimate of drug-likeness (QED) is 0.523. The molecular weight excluding hydrogens is 405 g/mol. The van der Waals surface area contributed by atoms with Crippen LogP contribution in [0.5, 0.6) is 11.6 Å². The molecule has 3 aromatic rings. The van der Waals surface area contributed by atoms with Gasteiger partial charge in [-0.2, -0.15) is 0 Å². The number of carboxylic acids is 1. The first-order valence-corrected chi connectivity index (χ1v) is 8.97. The molecule has 0 radical (unpaired) electrons. The van der Waals surface area contributed by atoms with E-state index in [-0.39, 0.29) is 40.2 Å². The zero-order valence-electron chi connectivity index (χ0n) is 14.4. The Morgan fingerprint density at radius 1 is 1.14 bits per heavy atom. The Morgan fingerprint density at radius 2 is 1.82 bits per heavy atom. The number of aromatic nitrogens is 2. The van der Waals surface area contributed by atoms with E-state index in [1.165, 1.54) is 6.07 Å². The summed E-state index contributed by atoms with van der Waals surface area (Å²) in [5, 5.41) is 18.3. The van der Waals surface area contributed by atoms with Crippen LogP contribution in [0.4, 0.5) is 5.69 Å². The van der Waals surface area contributed by atoms with Crippen molar-refractivity contribution in [2.75, 3.05) is 11.9 Å². The lowest BCUT2D eigenvalue weighted by molar-refractivity contribution is -0.136. The minimum Gasteiger partial charge on any atom is -0.481 e. The zero-order valence-corrected chi connectivity index (χ0v) is 15.9. The van der Waals surface area contributed by atoms with Gasteiger partial charge in [-0.15, -0.1) is 5.10 Å². The number of rotatable bonds is 7. The van der Waals surface area contributed by atoms with Crippen LogP contribution in [0.25, 0.3) is 11.1 Å². The average molecular weight is 420 g/mol. The van der Waals surface area contributed by atoms with Crippen LogP contribution >= 0.6 is 23.2 Å². The third-order valence-corrected chi connectivity index (χ3v) is 4.30. The predicted octanol–water partition coefficient (Wildman–Crippen LogP) is 4.42. The molecule has 0 unspecified atom stereocenters. The maximum Gasteiger partial charge on any atom is 0.305 e. The van der Waals surface area contributed by atoms with E-state index in [1.807, 2.05) is 18.2 Å². The molecule has 9 heteroatoms. The zero-order chi connectivity index (χ0) is 20.1. The molecule has 0 saturated heterocycles. The van der Waals surface area contributed by atoms with E-state index < -0.39 is 5.97 Å². The smallest absolute Gasteiger partial charge is 0.305 e. The summed E-state index contributed by atoms with van der Waals surface area (Å²) in [7, 11) is 0. The van der Waals surface area contributed by atoms with Gasteiger partial charge in [-0.05, 0) is 17.7 Å². The summed E-state index contributed by atoms with van der Waals surface area (Å²) in [5.41, 5.74) is 1.31. The topological polar surface area (TPSA) is 104 Å². The van der Waals surface area contributed by atoms with Gasteiger partial charge >= 0.3 is 5.97 Å². The minimum atomic E-state index is -0.914. The van der Waals surface area contributed by atoms with Crippen LogP contribution in [0.1, 0.15) is 6.42 Å². The van der Waals surface area contributed by atoms with Crippen LogP contribution in [-0.4, -0.2) is 27.8 Å². The summed E-state index contributed by atoms with van der Waals surface area (Å²) >= 11 is 12.5. The molecule has 1 heterocycles. The Hall–Kier alpha value is -3.03. The maximum absolute atomic E-state index is 12.1. The normalized spacial score (nSPS) is 10.5. The van der Waals surface area contributed by atoms with Gasteiger partial charge in [0, 0.05) is 18.3 Å². The van der Waals surface area contributed by atoms with E-state index in [4.69, 9.17) is 33.0 Å². The lowest BCUT2D eigenvalue weighted by Crippen LogP contribution is -2.11. The summed E-state index contributed by atoms with van der Waals surface area (Å²) in [5.74, 6) is -0.623. The second kappa shape index (κ2) is 8.77. The van der Waals surface area contributed by atoms with Gasteiger partial charge < -0.3 is 15.2 Å². The molecule has 144 valence electrons.